The molecule has 2 aliphatic rings. The van der Waals surface area contributed by atoms with Crippen LogP contribution in [0, 0.1) is 0 Å². The predicted octanol–water partition coefficient (Wildman–Crippen LogP) is 2.66. The van der Waals surface area contributed by atoms with E-state index >= 15 is 0 Å². The lowest BCUT2D eigenvalue weighted by Gasteiger charge is -2.27. The molecule has 1 N–H and O–H groups in total. The van der Waals surface area contributed by atoms with Gasteiger partial charge in [-0.25, -0.2) is 8.42 Å². The van der Waals surface area contributed by atoms with Crippen LogP contribution in [0.2, 0.25) is 0 Å². The van der Waals surface area contributed by atoms with Gasteiger partial charge in [0.15, 0.2) is 0 Å². The number of sulfonamides is 1. The van der Waals surface area contributed by atoms with Crippen LogP contribution in [-0.4, -0.2) is 37.4 Å². The van der Waals surface area contributed by atoms with E-state index in [4.69, 9.17) is 0 Å². The Bertz CT molecular complexity index is 936. The molecule has 3 rings (SSSR count). The van der Waals surface area contributed by atoms with E-state index in [9.17, 15) is 13.2 Å². The van der Waals surface area contributed by atoms with Gasteiger partial charge in [-0.3, -0.25) is 4.79 Å². The van der Waals surface area contributed by atoms with Crippen LogP contribution in [0.5, 0.6) is 0 Å². The third kappa shape index (κ3) is 4.47. The summed E-state index contributed by atoms with van der Waals surface area (Å²) in [6.07, 6.45) is 4.81. The Labute approximate surface area is 160 Å². The minimum atomic E-state index is -3.39. The Morgan fingerprint density at radius 1 is 1.19 bits per heavy atom. The van der Waals surface area contributed by atoms with E-state index in [0.717, 1.165) is 5.56 Å². The van der Waals surface area contributed by atoms with Gasteiger partial charge in [0.25, 0.3) is 15.9 Å². The molecule has 0 bridgehead atoms. The Morgan fingerprint density at radius 2 is 1.85 bits per heavy atom. The molecule has 0 aliphatic carbocycles. The van der Waals surface area contributed by atoms with Gasteiger partial charge in [-0.05, 0) is 35.6 Å². The molecule has 0 radical (unpaired) electrons. The van der Waals surface area contributed by atoms with Gasteiger partial charge in [-0.15, -0.1) is 4.40 Å². The number of carbonyl (C=O) groups is 1. The molecule has 1 unspecified atom stereocenters. The molecule has 0 saturated heterocycles. The highest BCUT2D eigenvalue weighted by atomic mass is 32.2. The van der Waals surface area contributed by atoms with Crippen molar-refractivity contribution in [3.63, 3.8) is 0 Å². The van der Waals surface area contributed by atoms with Crippen LogP contribution < -0.4 is 5.32 Å². The van der Waals surface area contributed by atoms with Crippen molar-refractivity contribution >= 4 is 21.8 Å². The number of hydrogen-bond donors (Lipinski definition) is 1. The quantitative estimate of drug-likeness (QED) is 0.865. The number of rotatable bonds is 3. The van der Waals surface area contributed by atoms with Gasteiger partial charge in [0.1, 0.15) is 5.84 Å². The van der Waals surface area contributed by atoms with E-state index < -0.39 is 10.0 Å². The van der Waals surface area contributed by atoms with Gasteiger partial charge < -0.3 is 10.2 Å². The van der Waals surface area contributed by atoms with Crippen LogP contribution >= 0.6 is 0 Å². The molecule has 6 nitrogen and oxygen atoms in total. The lowest BCUT2D eigenvalue weighted by atomic mass is 9.86. The summed E-state index contributed by atoms with van der Waals surface area (Å²) in [7, 11) is -3.39. The number of fused-ring (bicyclic) bond motifs is 1. The normalized spacial score (nSPS) is 19.6. The Morgan fingerprint density at radius 3 is 2.48 bits per heavy atom. The average Bonchev–Trinajstić information content (AvgIpc) is 2.59. The highest BCUT2D eigenvalue weighted by Gasteiger charge is 2.25. The molecular formula is C20H25N3O3S. The van der Waals surface area contributed by atoms with Crippen LogP contribution in [0.15, 0.2) is 52.6 Å². The predicted molar refractivity (Wildman–Crippen MR) is 107 cm³/mol. The fourth-order valence-electron chi connectivity index (χ4n) is 2.97. The first-order valence-corrected chi connectivity index (χ1v) is 10.6. The van der Waals surface area contributed by atoms with Crippen molar-refractivity contribution < 1.29 is 13.2 Å². The van der Waals surface area contributed by atoms with E-state index in [1.807, 2.05) is 19.1 Å². The molecule has 0 fully saturated rings. The summed E-state index contributed by atoms with van der Waals surface area (Å²) in [6.45, 7) is 8.74. The second-order valence-electron chi connectivity index (χ2n) is 7.91. The van der Waals surface area contributed by atoms with Gasteiger partial charge in [0.2, 0.25) is 0 Å². The molecule has 1 amide bonds. The van der Waals surface area contributed by atoms with Crippen LogP contribution in [0.4, 0.5) is 0 Å². The molecule has 0 saturated carbocycles. The molecular weight excluding hydrogens is 362 g/mol. The molecule has 1 aromatic rings. The van der Waals surface area contributed by atoms with Crippen molar-refractivity contribution in [1.82, 2.24) is 10.2 Å². The first kappa shape index (κ1) is 19.4. The summed E-state index contributed by atoms with van der Waals surface area (Å²) in [5.74, 6) is 0.0986. The second kappa shape index (κ2) is 6.96. The Balaban J connectivity index is 1.69. The van der Waals surface area contributed by atoms with E-state index in [0.29, 0.717) is 18.0 Å². The minimum absolute atomic E-state index is 0.0493. The first-order valence-electron chi connectivity index (χ1n) is 8.96. The number of nitrogens with zero attached hydrogens (tertiary/aromatic N) is 2. The van der Waals surface area contributed by atoms with Crippen molar-refractivity contribution in [2.24, 2.45) is 4.40 Å². The van der Waals surface area contributed by atoms with Gasteiger partial charge in [0.05, 0.1) is 17.4 Å². The van der Waals surface area contributed by atoms with Crippen molar-refractivity contribution in [3.8, 4) is 0 Å². The first-order chi connectivity index (χ1) is 12.5. The maximum absolute atomic E-state index is 12.6. The topological polar surface area (TPSA) is 78.8 Å². The lowest BCUT2D eigenvalue weighted by Crippen LogP contribution is -2.38. The van der Waals surface area contributed by atoms with Crippen molar-refractivity contribution in [2.45, 2.75) is 39.2 Å². The zero-order valence-electron chi connectivity index (χ0n) is 16.1. The largest absolute Gasteiger partial charge is 0.345 e. The van der Waals surface area contributed by atoms with E-state index in [1.54, 1.807) is 23.3 Å². The maximum Gasteiger partial charge on any atom is 0.256 e. The zero-order chi connectivity index (χ0) is 19.8. The summed E-state index contributed by atoms with van der Waals surface area (Å²) < 4.78 is 26.8. The number of nitrogens with one attached hydrogen (secondary N) is 1. The van der Waals surface area contributed by atoms with Crippen molar-refractivity contribution in [3.05, 3.63) is 59.3 Å². The summed E-state index contributed by atoms with van der Waals surface area (Å²) >= 11 is 0. The molecule has 0 aromatic heterocycles. The maximum atomic E-state index is 12.6. The van der Waals surface area contributed by atoms with Crippen LogP contribution in [0.1, 0.15) is 44.9 Å². The average molecular weight is 388 g/mol. The third-order valence-corrected chi connectivity index (χ3v) is 5.87. The Hall–Kier alpha value is -2.41. The molecule has 7 heteroatoms. The third-order valence-electron chi connectivity index (χ3n) is 4.71. The van der Waals surface area contributed by atoms with Gasteiger partial charge in [-0.2, -0.15) is 0 Å². The number of carbonyl (C=O) groups excluding carboxylic acids is 1. The number of benzene rings is 1. The summed E-state index contributed by atoms with van der Waals surface area (Å²) in [5.41, 5.74) is 2.84. The van der Waals surface area contributed by atoms with E-state index in [-0.39, 0.29) is 23.1 Å². The fourth-order valence-corrected chi connectivity index (χ4v) is 3.94. The summed E-state index contributed by atoms with van der Waals surface area (Å²) in [4.78, 5) is 14.3. The Kier molecular flexibility index (Phi) is 4.99. The number of amides is 1. The molecule has 1 aromatic carbocycles. The number of hydrogen-bond acceptors (Lipinski definition) is 4. The second-order valence-corrected chi connectivity index (χ2v) is 9.67. The molecule has 0 spiro atoms. The monoisotopic (exact) mass is 387 g/mol. The molecule has 1 atom stereocenters. The number of amidine groups is 1. The van der Waals surface area contributed by atoms with Crippen LogP contribution in [-0.2, 0) is 20.2 Å². The van der Waals surface area contributed by atoms with Crippen molar-refractivity contribution in [2.75, 3.05) is 12.3 Å². The zero-order valence-corrected chi connectivity index (χ0v) is 16.9. The van der Waals surface area contributed by atoms with Crippen LogP contribution in [0.25, 0.3) is 0 Å². The van der Waals surface area contributed by atoms with E-state index in [1.165, 1.54) is 5.56 Å². The SMILES string of the molecule is CC(NC(=O)C1=CN2CCS(=O)(=O)N=C2C=C1)c1ccc(C(C)(C)C)cc1. The van der Waals surface area contributed by atoms with Crippen molar-refractivity contribution in [1.29, 1.82) is 0 Å². The summed E-state index contributed by atoms with van der Waals surface area (Å²) in [5, 5.41) is 2.99. The molecule has 144 valence electrons. The standard InChI is InChI=1S/C20H25N3O3S/c1-14(15-5-8-17(9-6-15)20(2,3)4)21-19(24)16-7-10-18-22-27(25,26)12-11-23(18)13-16/h5-10,13-14H,11-12H2,1-4H3,(H,21,24). The highest BCUT2D eigenvalue weighted by Crippen LogP contribution is 2.24. The van der Waals surface area contributed by atoms with E-state index in [2.05, 4.69) is 42.6 Å². The van der Waals surface area contributed by atoms with Gasteiger partial charge in [0, 0.05) is 12.7 Å². The molecule has 2 aliphatic heterocycles. The molecule has 2 heterocycles. The minimum Gasteiger partial charge on any atom is -0.345 e. The highest BCUT2D eigenvalue weighted by molar-refractivity contribution is 7.90. The lowest BCUT2D eigenvalue weighted by molar-refractivity contribution is -0.117. The van der Waals surface area contributed by atoms with Crippen LogP contribution in [0.3, 0.4) is 0 Å². The smallest absolute Gasteiger partial charge is 0.256 e. The fraction of sp³-hybridized carbons (Fsp3) is 0.400. The van der Waals surface area contributed by atoms with Gasteiger partial charge in [-0.1, -0.05) is 45.0 Å². The van der Waals surface area contributed by atoms with Gasteiger partial charge >= 0.3 is 0 Å². The summed E-state index contributed by atoms with van der Waals surface area (Å²) in [6, 6.07) is 8.12. The molecule has 27 heavy (non-hydrogen) atoms.